The fourth-order valence-corrected chi connectivity index (χ4v) is 4.72. The van der Waals surface area contributed by atoms with Crippen LogP contribution in [0, 0.1) is 0 Å². The number of nitrogens with zero attached hydrogens (tertiary/aromatic N) is 1. The Morgan fingerprint density at radius 2 is 1.44 bits per heavy atom. The molecule has 1 aliphatic heterocycles. The lowest BCUT2D eigenvalue weighted by molar-refractivity contribution is -0.140. The van der Waals surface area contributed by atoms with Crippen LogP contribution in [-0.2, 0) is 22.7 Å². The summed E-state index contributed by atoms with van der Waals surface area (Å²) in [5.74, 6) is -0.362. The van der Waals surface area contributed by atoms with Crippen molar-refractivity contribution in [3.63, 3.8) is 0 Å². The molecule has 6 nitrogen and oxygen atoms in total. The topological polar surface area (TPSA) is 76.1 Å². The van der Waals surface area contributed by atoms with Crippen molar-refractivity contribution in [3.05, 3.63) is 137 Å². The minimum Gasteiger partial charge on any atom is -0.507 e. The van der Waals surface area contributed by atoms with Crippen LogP contribution in [0.15, 0.2) is 115 Å². The lowest BCUT2D eigenvalue weighted by Crippen LogP contribution is -2.29. The fraction of sp³-hybridized carbons (Fsp3) is 0.152. The van der Waals surface area contributed by atoms with Crippen molar-refractivity contribution in [2.24, 2.45) is 0 Å². The lowest BCUT2D eigenvalue weighted by Gasteiger charge is -2.26. The molecule has 1 heterocycles. The minimum atomic E-state index is -0.794. The molecule has 39 heavy (non-hydrogen) atoms. The van der Waals surface area contributed by atoms with Crippen LogP contribution in [0.5, 0.6) is 11.5 Å². The number of ether oxygens (including phenoxy) is 2. The van der Waals surface area contributed by atoms with Crippen LogP contribution in [0.25, 0.3) is 5.76 Å². The van der Waals surface area contributed by atoms with E-state index in [1.165, 1.54) is 4.90 Å². The third-order valence-corrected chi connectivity index (χ3v) is 6.60. The molecule has 0 radical (unpaired) electrons. The van der Waals surface area contributed by atoms with Crippen LogP contribution >= 0.6 is 0 Å². The highest BCUT2D eigenvalue weighted by Crippen LogP contribution is 2.41. The number of Topliss-reactive ketones (excluding diaryl/α,β-unsaturated/α-hetero) is 1. The molecule has 1 unspecified atom stereocenters. The Morgan fingerprint density at radius 3 is 2.10 bits per heavy atom. The zero-order valence-corrected chi connectivity index (χ0v) is 21.6. The van der Waals surface area contributed by atoms with E-state index in [1.54, 1.807) is 24.3 Å². The summed E-state index contributed by atoms with van der Waals surface area (Å²) < 4.78 is 11.5. The molecule has 6 heteroatoms. The van der Waals surface area contributed by atoms with E-state index in [4.69, 9.17) is 9.47 Å². The van der Waals surface area contributed by atoms with E-state index in [1.807, 2.05) is 91.9 Å². The van der Waals surface area contributed by atoms with Gasteiger partial charge in [-0.25, -0.2) is 0 Å². The zero-order chi connectivity index (χ0) is 27.2. The largest absolute Gasteiger partial charge is 0.507 e. The number of amides is 1. The van der Waals surface area contributed by atoms with Gasteiger partial charge in [-0.2, -0.15) is 0 Å². The minimum absolute atomic E-state index is 0.0419. The van der Waals surface area contributed by atoms with E-state index in [2.05, 4.69) is 0 Å². The van der Waals surface area contributed by atoms with Crippen molar-refractivity contribution in [3.8, 4) is 11.5 Å². The number of likely N-dealkylation sites (tertiary alicyclic amines) is 1. The number of ketones is 1. The van der Waals surface area contributed by atoms with Gasteiger partial charge in [-0.05, 0) is 60.0 Å². The van der Waals surface area contributed by atoms with Crippen LogP contribution in [0.1, 0.15) is 35.2 Å². The van der Waals surface area contributed by atoms with Gasteiger partial charge >= 0.3 is 0 Å². The molecule has 1 amide bonds. The van der Waals surface area contributed by atoms with Gasteiger partial charge < -0.3 is 19.5 Å². The lowest BCUT2D eigenvalue weighted by atomic mass is 9.95. The number of carbonyl (C=O) groups excluding carboxylic acids is 2. The molecular formula is C33H29NO5. The third kappa shape index (κ3) is 5.70. The first-order chi connectivity index (χ1) is 19.0. The molecule has 4 aromatic rings. The predicted molar refractivity (Wildman–Crippen MR) is 149 cm³/mol. The van der Waals surface area contributed by atoms with E-state index in [0.29, 0.717) is 35.8 Å². The van der Waals surface area contributed by atoms with Crippen molar-refractivity contribution in [1.82, 2.24) is 4.90 Å². The summed E-state index contributed by atoms with van der Waals surface area (Å²) in [7, 11) is 0. The molecule has 5 rings (SSSR count). The molecule has 1 fully saturated rings. The first-order valence-electron chi connectivity index (χ1n) is 12.9. The quantitative estimate of drug-likeness (QED) is 0.160. The van der Waals surface area contributed by atoms with Gasteiger partial charge in [0.2, 0.25) is 0 Å². The van der Waals surface area contributed by atoms with Crippen molar-refractivity contribution in [2.45, 2.75) is 26.1 Å². The molecular weight excluding hydrogens is 490 g/mol. The number of aliphatic hydroxyl groups is 1. The Kier molecular flexibility index (Phi) is 7.73. The van der Waals surface area contributed by atoms with Gasteiger partial charge in [0.25, 0.3) is 11.7 Å². The Balaban J connectivity index is 1.54. The summed E-state index contributed by atoms with van der Waals surface area (Å²) in [6.07, 6.45) is 0. The molecule has 1 aliphatic rings. The maximum absolute atomic E-state index is 13.4. The van der Waals surface area contributed by atoms with E-state index in [0.717, 1.165) is 11.1 Å². The van der Waals surface area contributed by atoms with Gasteiger partial charge in [0.15, 0.2) is 0 Å². The molecule has 4 aromatic carbocycles. The zero-order valence-electron chi connectivity index (χ0n) is 21.6. The molecule has 0 aromatic heterocycles. The molecule has 0 saturated carbocycles. The molecule has 1 N–H and O–H groups in total. The summed E-state index contributed by atoms with van der Waals surface area (Å²) in [5.41, 5.74) is 3.04. The normalized spacial score (nSPS) is 16.3. The van der Waals surface area contributed by atoms with Crippen LogP contribution in [-0.4, -0.2) is 28.3 Å². The Hall–Kier alpha value is -4.84. The summed E-state index contributed by atoms with van der Waals surface area (Å²) in [5, 5.41) is 11.4. The van der Waals surface area contributed by atoms with Gasteiger partial charge in [0.05, 0.1) is 18.2 Å². The van der Waals surface area contributed by atoms with E-state index >= 15 is 0 Å². The van der Waals surface area contributed by atoms with Crippen molar-refractivity contribution in [1.29, 1.82) is 0 Å². The van der Waals surface area contributed by atoms with Crippen LogP contribution in [0.3, 0.4) is 0 Å². The standard InChI is InChI=1S/C33H29NO5/c1-2-38-27-18-16-25(17-19-27)31(35)29-30(34(33(37)32(29)36)21-23-10-5-3-6-11-23)26-14-9-15-28(20-26)39-22-24-12-7-4-8-13-24/h3-20,30,35H,2,21-22H2,1H3/b31-29+. The van der Waals surface area contributed by atoms with Gasteiger partial charge in [-0.15, -0.1) is 0 Å². The summed E-state index contributed by atoms with van der Waals surface area (Å²) >= 11 is 0. The van der Waals surface area contributed by atoms with E-state index < -0.39 is 17.7 Å². The monoisotopic (exact) mass is 519 g/mol. The van der Waals surface area contributed by atoms with Crippen molar-refractivity contribution < 1.29 is 24.2 Å². The second-order valence-electron chi connectivity index (χ2n) is 9.22. The number of carbonyl (C=O) groups is 2. The summed E-state index contributed by atoms with van der Waals surface area (Å²) in [6.45, 7) is 2.99. The fourth-order valence-electron chi connectivity index (χ4n) is 4.72. The van der Waals surface area contributed by atoms with E-state index in [9.17, 15) is 14.7 Å². The Labute approximate surface area is 227 Å². The average molecular weight is 520 g/mol. The molecule has 1 saturated heterocycles. The van der Waals surface area contributed by atoms with Crippen molar-refractivity contribution >= 4 is 17.4 Å². The van der Waals surface area contributed by atoms with E-state index in [-0.39, 0.29) is 17.9 Å². The second kappa shape index (κ2) is 11.7. The average Bonchev–Trinajstić information content (AvgIpc) is 3.22. The SMILES string of the molecule is CCOc1ccc(/C(O)=C2\C(=O)C(=O)N(Cc3ccccc3)C2c2cccc(OCc3ccccc3)c2)cc1. The second-order valence-corrected chi connectivity index (χ2v) is 9.22. The number of aliphatic hydroxyl groups excluding tert-OH is 1. The maximum Gasteiger partial charge on any atom is 0.295 e. The highest BCUT2D eigenvalue weighted by atomic mass is 16.5. The smallest absolute Gasteiger partial charge is 0.295 e. The first-order valence-corrected chi connectivity index (χ1v) is 12.9. The Morgan fingerprint density at radius 1 is 0.769 bits per heavy atom. The van der Waals surface area contributed by atoms with Gasteiger partial charge in [0.1, 0.15) is 23.9 Å². The van der Waals surface area contributed by atoms with Crippen LogP contribution in [0.4, 0.5) is 0 Å². The predicted octanol–water partition coefficient (Wildman–Crippen LogP) is 6.29. The van der Waals surface area contributed by atoms with Crippen LogP contribution < -0.4 is 9.47 Å². The molecule has 1 atom stereocenters. The molecule has 196 valence electrons. The van der Waals surface area contributed by atoms with Gasteiger partial charge in [0, 0.05) is 12.1 Å². The molecule has 0 aliphatic carbocycles. The molecule has 0 bridgehead atoms. The third-order valence-electron chi connectivity index (χ3n) is 6.60. The van der Waals surface area contributed by atoms with Gasteiger partial charge in [-0.3, -0.25) is 9.59 Å². The maximum atomic E-state index is 13.4. The highest BCUT2D eigenvalue weighted by Gasteiger charge is 2.46. The summed E-state index contributed by atoms with van der Waals surface area (Å²) in [4.78, 5) is 28.3. The van der Waals surface area contributed by atoms with Crippen molar-refractivity contribution in [2.75, 3.05) is 6.61 Å². The number of hydrogen-bond donors (Lipinski definition) is 1. The Bertz CT molecular complexity index is 1480. The number of benzene rings is 4. The summed E-state index contributed by atoms with van der Waals surface area (Å²) in [6, 6.07) is 32.7. The first kappa shape index (κ1) is 25.8. The number of rotatable bonds is 9. The van der Waals surface area contributed by atoms with Gasteiger partial charge in [-0.1, -0.05) is 72.8 Å². The molecule has 0 spiro atoms. The number of hydrogen-bond acceptors (Lipinski definition) is 5. The van der Waals surface area contributed by atoms with Crippen LogP contribution in [0.2, 0.25) is 0 Å². The highest BCUT2D eigenvalue weighted by molar-refractivity contribution is 6.46.